The molecule has 0 spiro atoms. The van der Waals surface area contributed by atoms with Crippen LogP contribution in [0.5, 0.6) is 0 Å². The predicted octanol–water partition coefficient (Wildman–Crippen LogP) is 0.369. The number of carbonyl (C=O) groups excluding carboxylic acids is 1. The second-order valence-corrected chi connectivity index (χ2v) is 4.27. The van der Waals surface area contributed by atoms with E-state index in [2.05, 4.69) is 35.5 Å². The molecule has 1 aromatic carbocycles. The van der Waals surface area contributed by atoms with E-state index in [1.165, 1.54) is 0 Å². The minimum absolute atomic E-state index is 0.0538. The van der Waals surface area contributed by atoms with Crippen LogP contribution in [0.15, 0.2) is 30.6 Å². The average Bonchev–Trinajstić information content (AvgIpc) is 3.13. The van der Waals surface area contributed by atoms with Gasteiger partial charge < -0.3 is 9.88 Å². The van der Waals surface area contributed by atoms with Crippen LogP contribution in [0.4, 0.5) is 0 Å². The molecule has 20 heavy (non-hydrogen) atoms. The van der Waals surface area contributed by atoms with E-state index >= 15 is 0 Å². The molecule has 0 fully saturated rings. The number of rotatable bonds is 5. The molecule has 0 saturated carbocycles. The summed E-state index contributed by atoms with van der Waals surface area (Å²) >= 11 is 0. The molecule has 0 saturated heterocycles. The fraction of sp³-hybridized carbons (Fsp3) is 0.250. The summed E-state index contributed by atoms with van der Waals surface area (Å²) in [5, 5.41) is 15.5. The lowest BCUT2D eigenvalue weighted by molar-refractivity contribution is 0.0942. The summed E-state index contributed by atoms with van der Waals surface area (Å²) in [7, 11) is 0. The maximum Gasteiger partial charge on any atom is 0.292 e. The summed E-state index contributed by atoms with van der Waals surface area (Å²) in [5.41, 5.74) is 2.07. The molecule has 2 aromatic heterocycles. The van der Waals surface area contributed by atoms with E-state index in [1.54, 1.807) is 0 Å². The molecule has 2 heterocycles. The van der Waals surface area contributed by atoms with Crippen molar-refractivity contribution in [1.29, 1.82) is 0 Å². The summed E-state index contributed by atoms with van der Waals surface area (Å²) in [6.07, 6.45) is 2.61. The number of imidazole rings is 1. The molecule has 0 aliphatic carbocycles. The number of benzene rings is 1. The highest BCUT2D eigenvalue weighted by molar-refractivity contribution is 5.89. The molecular formula is C12H13N7O. The molecule has 0 unspecified atom stereocenters. The van der Waals surface area contributed by atoms with Crippen LogP contribution in [0.2, 0.25) is 0 Å². The molecule has 102 valence electrons. The van der Waals surface area contributed by atoms with Crippen molar-refractivity contribution in [2.75, 3.05) is 6.54 Å². The van der Waals surface area contributed by atoms with E-state index in [4.69, 9.17) is 0 Å². The van der Waals surface area contributed by atoms with Gasteiger partial charge in [0.25, 0.3) is 11.7 Å². The number of nitrogens with zero attached hydrogens (tertiary/aromatic N) is 5. The van der Waals surface area contributed by atoms with Crippen molar-refractivity contribution in [2.24, 2.45) is 0 Å². The quantitative estimate of drug-likeness (QED) is 0.653. The van der Waals surface area contributed by atoms with Crippen molar-refractivity contribution in [3.63, 3.8) is 0 Å². The number of carbonyl (C=O) groups is 1. The van der Waals surface area contributed by atoms with Crippen molar-refractivity contribution in [3.8, 4) is 0 Å². The summed E-state index contributed by atoms with van der Waals surface area (Å²) in [6, 6.07) is 7.95. The van der Waals surface area contributed by atoms with Gasteiger partial charge in [0.2, 0.25) is 0 Å². The predicted molar refractivity (Wildman–Crippen MR) is 70.9 cm³/mol. The zero-order valence-corrected chi connectivity index (χ0v) is 10.7. The Balaban J connectivity index is 1.52. The smallest absolute Gasteiger partial charge is 0.292 e. The fourth-order valence-electron chi connectivity index (χ4n) is 1.98. The normalized spacial score (nSPS) is 10.8. The number of aryl methyl sites for hydroxylation is 1. The van der Waals surface area contributed by atoms with Gasteiger partial charge in [-0.25, -0.2) is 4.98 Å². The molecule has 3 rings (SSSR count). The standard InChI is InChI=1S/C12H13N7O/c20-12(11-15-17-18-16-11)13-6-3-7-19-8-14-9-4-1-2-5-10(9)19/h1-2,4-5,8H,3,6-7H2,(H,13,20)(H,15,16,17,18). The SMILES string of the molecule is O=C(NCCCn1cnc2ccccc21)c1nn[nH]n1. The molecule has 8 nitrogen and oxygen atoms in total. The van der Waals surface area contributed by atoms with Crippen LogP contribution < -0.4 is 5.32 Å². The Bertz CT molecular complexity index is 704. The first-order valence-corrected chi connectivity index (χ1v) is 6.26. The van der Waals surface area contributed by atoms with E-state index in [9.17, 15) is 4.79 Å². The van der Waals surface area contributed by atoms with Gasteiger partial charge in [0, 0.05) is 13.1 Å². The van der Waals surface area contributed by atoms with Gasteiger partial charge in [0.15, 0.2) is 0 Å². The Morgan fingerprint density at radius 3 is 3.10 bits per heavy atom. The number of hydrogen-bond acceptors (Lipinski definition) is 5. The monoisotopic (exact) mass is 271 g/mol. The molecular weight excluding hydrogens is 258 g/mol. The maximum absolute atomic E-state index is 11.6. The number of amides is 1. The molecule has 0 aliphatic heterocycles. The van der Waals surface area contributed by atoms with Crippen molar-refractivity contribution in [1.82, 2.24) is 35.5 Å². The van der Waals surface area contributed by atoms with Crippen LogP contribution in [0.1, 0.15) is 17.0 Å². The third kappa shape index (κ3) is 2.48. The van der Waals surface area contributed by atoms with E-state index in [1.807, 2.05) is 30.6 Å². The highest BCUT2D eigenvalue weighted by Gasteiger charge is 2.09. The first-order chi connectivity index (χ1) is 9.84. The Labute approximate surface area is 114 Å². The Morgan fingerprint density at radius 2 is 2.25 bits per heavy atom. The van der Waals surface area contributed by atoms with Gasteiger partial charge in [-0.05, 0) is 23.8 Å². The first-order valence-electron chi connectivity index (χ1n) is 6.26. The number of nitrogens with one attached hydrogen (secondary N) is 2. The zero-order valence-electron chi connectivity index (χ0n) is 10.7. The van der Waals surface area contributed by atoms with Crippen molar-refractivity contribution < 1.29 is 4.79 Å². The third-order valence-corrected chi connectivity index (χ3v) is 2.94. The van der Waals surface area contributed by atoms with E-state index in [0.717, 1.165) is 24.0 Å². The lowest BCUT2D eigenvalue weighted by atomic mass is 10.3. The highest BCUT2D eigenvalue weighted by atomic mass is 16.2. The van der Waals surface area contributed by atoms with Gasteiger partial charge in [0.05, 0.1) is 17.4 Å². The van der Waals surface area contributed by atoms with Gasteiger partial charge >= 0.3 is 0 Å². The fourth-order valence-corrected chi connectivity index (χ4v) is 1.98. The second kappa shape index (κ2) is 5.47. The van der Waals surface area contributed by atoms with E-state index in [0.29, 0.717) is 6.54 Å². The molecule has 2 N–H and O–H groups in total. The molecule has 1 amide bonds. The Hall–Kier alpha value is -2.77. The van der Waals surface area contributed by atoms with Gasteiger partial charge in [-0.15, -0.1) is 10.2 Å². The third-order valence-electron chi connectivity index (χ3n) is 2.94. The summed E-state index contributed by atoms with van der Waals surface area (Å²) in [4.78, 5) is 15.9. The van der Waals surface area contributed by atoms with Crippen molar-refractivity contribution >= 4 is 16.9 Å². The van der Waals surface area contributed by atoms with Crippen LogP contribution in [0, 0.1) is 0 Å². The second-order valence-electron chi connectivity index (χ2n) is 4.27. The van der Waals surface area contributed by atoms with E-state index < -0.39 is 0 Å². The van der Waals surface area contributed by atoms with Crippen LogP contribution in [0.3, 0.4) is 0 Å². The minimum atomic E-state index is -0.325. The van der Waals surface area contributed by atoms with Crippen molar-refractivity contribution in [2.45, 2.75) is 13.0 Å². The van der Waals surface area contributed by atoms with Crippen LogP contribution >= 0.6 is 0 Å². The van der Waals surface area contributed by atoms with Gasteiger partial charge in [-0.3, -0.25) is 4.79 Å². The number of para-hydroxylation sites is 2. The summed E-state index contributed by atoms with van der Waals surface area (Å²) < 4.78 is 2.07. The molecule has 0 atom stereocenters. The van der Waals surface area contributed by atoms with Crippen LogP contribution in [-0.2, 0) is 6.54 Å². The number of hydrogen-bond donors (Lipinski definition) is 2. The van der Waals surface area contributed by atoms with Crippen LogP contribution in [0.25, 0.3) is 11.0 Å². The number of aromatic amines is 1. The summed E-state index contributed by atoms with van der Waals surface area (Å²) in [5.74, 6) is -0.271. The lowest BCUT2D eigenvalue weighted by Gasteiger charge is -2.05. The topological polar surface area (TPSA) is 101 Å². The van der Waals surface area contributed by atoms with Gasteiger partial charge in [-0.1, -0.05) is 12.1 Å². The molecule has 0 radical (unpaired) electrons. The number of aromatic nitrogens is 6. The van der Waals surface area contributed by atoms with Gasteiger partial charge in [0.1, 0.15) is 0 Å². The van der Waals surface area contributed by atoms with Crippen LogP contribution in [-0.4, -0.2) is 42.6 Å². The maximum atomic E-state index is 11.6. The molecule has 0 aliphatic rings. The zero-order chi connectivity index (χ0) is 13.8. The number of fused-ring (bicyclic) bond motifs is 1. The average molecular weight is 271 g/mol. The summed E-state index contributed by atoms with van der Waals surface area (Å²) in [6.45, 7) is 1.33. The first kappa shape index (κ1) is 12.3. The highest BCUT2D eigenvalue weighted by Crippen LogP contribution is 2.11. The number of tetrazole rings is 1. The largest absolute Gasteiger partial charge is 0.349 e. The van der Waals surface area contributed by atoms with Crippen molar-refractivity contribution in [3.05, 3.63) is 36.4 Å². The Kier molecular flexibility index (Phi) is 3.36. The Morgan fingerprint density at radius 1 is 1.35 bits per heavy atom. The van der Waals surface area contributed by atoms with Gasteiger partial charge in [-0.2, -0.15) is 5.21 Å². The van der Waals surface area contributed by atoms with E-state index in [-0.39, 0.29) is 11.7 Å². The minimum Gasteiger partial charge on any atom is -0.349 e. The molecule has 3 aromatic rings. The number of H-pyrrole nitrogens is 1. The molecule has 8 heteroatoms. The molecule has 0 bridgehead atoms. The lowest BCUT2D eigenvalue weighted by Crippen LogP contribution is -2.26.